The molecule has 0 radical (unpaired) electrons. The molecular formula is C21H18FN5O2. The van der Waals surface area contributed by atoms with Gasteiger partial charge in [-0.05, 0) is 24.1 Å². The zero-order chi connectivity index (χ0) is 21.2. The average molecular weight is 391 g/mol. The van der Waals surface area contributed by atoms with Crippen LogP contribution in [-0.2, 0) is 4.74 Å². The molecule has 7 nitrogen and oxygen atoms in total. The Labute approximate surface area is 167 Å². The van der Waals surface area contributed by atoms with Crippen molar-refractivity contribution in [2.75, 3.05) is 19.7 Å². The Hall–Kier alpha value is -3.70. The fourth-order valence-corrected chi connectivity index (χ4v) is 4.24. The summed E-state index contributed by atoms with van der Waals surface area (Å²) < 4.78 is 19.8. The van der Waals surface area contributed by atoms with Crippen molar-refractivity contribution in [3.63, 3.8) is 0 Å². The lowest BCUT2D eigenvalue weighted by Gasteiger charge is -2.47. The van der Waals surface area contributed by atoms with Gasteiger partial charge in [-0.15, -0.1) is 0 Å². The number of fused-ring (bicyclic) bond motifs is 1. The number of amides is 1. The van der Waals surface area contributed by atoms with Crippen molar-refractivity contribution < 1.29 is 13.9 Å². The van der Waals surface area contributed by atoms with Crippen molar-refractivity contribution in [3.8, 4) is 18.2 Å². The van der Waals surface area contributed by atoms with E-state index >= 15 is 0 Å². The zero-order valence-electron chi connectivity index (χ0n) is 15.7. The van der Waals surface area contributed by atoms with Crippen molar-refractivity contribution in [3.05, 3.63) is 47.3 Å². The summed E-state index contributed by atoms with van der Waals surface area (Å²) in [5.74, 6) is -3.41. The second kappa shape index (κ2) is 7.73. The predicted molar refractivity (Wildman–Crippen MR) is 99.8 cm³/mol. The van der Waals surface area contributed by atoms with Gasteiger partial charge in [0, 0.05) is 24.9 Å². The van der Waals surface area contributed by atoms with Crippen LogP contribution in [0.1, 0.15) is 18.4 Å². The standard InChI is InChI=1S/C21H18FN5O2/c1-2-29-20(28)27-8-7-13-15(9-23)19(26)21(11-24,12-25)18(16(13)10-27)14-5-3-4-6-17(14)22/h3-7,15-16,18,26H,2,8,10H2,1H3/t15?,16-,18+/m0/s1. The van der Waals surface area contributed by atoms with E-state index in [9.17, 15) is 25.0 Å². The smallest absolute Gasteiger partial charge is 0.410 e. The summed E-state index contributed by atoms with van der Waals surface area (Å²) in [4.78, 5) is 13.7. The Kier molecular flexibility index (Phi) is 5.35. The Morgan fingerprint density at radius 3 is 2.62 bits per heavy atom. The molecule has 1 aliphatic carbocycles. The molecular weight excluding hydrogens is 373 g/mol. The molecule has 0 aromatic heterocycles. The van der Waals surface area contributed by atoms with E-state index in [1.54, 1.807) is 19.1 Å². The summed E-state index contributed by atoms with van der Waals surface area (Å²) in [6.07, 6.45) is 1.09. The van der Waals surface area contributed by atoms with E-state index in [0.29, 0.717) is 5.57 Å². The van der Waals surface area contributed by atoms with Crippen LogP contribution in [0.25, 0.3) is 0 Å². The average Bonchev–Trinajstić information content (AvgIpc) is 2.73. The van der Waals surface area contributed by atoms with Gasteiger partial charge in [-0.3, -0.25) is 0 Å². The molecule has 2 aliphatic rings. The monoisotopic (exact) mass is 391 g/mol. The van der Waals surface area contributed by atoms with Crippen molar-refractivity contribution >= 4 is 11.8 Å². The number of nitrogens with one attached hydrogen (secondary N) is 1. The molecule has 1 fully saturated rings. The van der Waals surface area contributed by atoms with Crippen molar-refractivity contribution in [1.29, 1.82) is 21.2 Å². The first kappa shape index (κ1) is 20.0. The van der Waals surface area contributed by atoms with Gasteiger partial charge in [0.1, 0.15) is 11.7 Å². The second-order valence-electron chi connectivity index (χ2n) is 6.92. The maximum Gasteiger partial charge on any atom is 0.410 e. The van der Waals surface area contributed by atoms with Crippen molar-refractivity contribution in [2.45, 2.75) is 12.8 Å². The van der Waals surface area contributed by atoms with E-state index in [1.807, 2.05) is 18.2 Å². The Balaban J connectivity index is 2.22. The molecule has 1 saturated carbocycles. The van der Waals surface area contributed by atoms with Gasteiger partial charge in [0.15, 0.2) is 5.41 Å². The molecule has 3 rings (SSSR count). The number of rotatable bonds is 2. The first-order chi connectivity index (χ1) is 13.9. The lowest BCUT2D eigenvalue weighted by atomic mass is 9.54. The number of hydrogen-bond donors (Lipinski definition) is 1. The third-order valence-electron chi connectivity index (χ3n) is 5.56. The quantitative estimate of drug-likeness (QED) is 0.775. The highest BCUT2D eigenvalue weighted by atomic mass is 19.1. The Morgan fingerprint density at radius 2 is 2.03 bits per heavy atom. The van der Waals surface area contributed by atoms with Crippen LogP contribution in [0.15, 0.2) is 35.9 Å². The topological polar surface area (TPSA) is 125 Å². The van der Waals surface area contributed by atoms with Crippen molar-refractivity contribution in [2.24, 2.45) is 17.3 Å². The summed E-state index contributed by atoms with van der Waals surface area (Å²) in [6, 6.07) is 11.6. The number of carbonyl (C=O) groups is 1. The number of benzene rings is 1. The molecule has 0 saturated heterocycles. The molecule has 3 atom stereocenters. The van der Waals surface area contributed by atoms with Crippen LogP contribution in [0.3, 0.4) is 0 Å². The van der Waals surface area contributed by atoms with Crippen LogP contribution >= 0.6 is 0 Å². The van der Waals surface area contributed by atoms with Gasteiger partial charge >= 0.3 is 6.09 Å². The van der Waals surface area contributed by atoms with Crippen molar-refractivity contribution in [1.82, 2.24) is 4.90 Å². The fraction of sp³-hybridized carbons (Fsp3) is 0.381. The Bertz CT molecular complexity index is 999. The van der Waals surface area contributed by atoms with Crippen LogP contribution in [-0.4, -0.2) is 36.4 Å². The molecule has 1 aliphatic heterocycles. The van der Waals surface area contributed by atoms with Gasteiger partial charge < -0.3 is 15.0 Å². The summed E-state index contributed by atoms with van der Waals surface area (Å²) in [7, 11) is 0. The fourth-order valence-electron chi connectivity index (χ4n) is 4.24. The molecule has 1 aromatic rings. The summed E-state index contributed by atoms with van der Waals surface area (Å²) in [5, 5.41) is 38.0. The molecule has 146 valence electrons. The van der Waals surface area contributed by atoms with Gasteiger partial charge in [-0.25, -0.2) is 9.18 Å². The number of hydrogen-bond acceptors (Lipinski definition) is 6. The van der Waals surface area contributed by atoms with E-state index in [4.69, 9.17) is 10.1 Å². The van der Waals surface area contributed by atoms with Gasteiger partial charge in [0.25, 0.3) is 0 Å². The van der Waals surface area contributed by atoms with Gasteiger partial charge in [-0.1, -0.05) is 24.3 Å². The first-order valence-corrected chi connectivity index (χ1v) is 9.12. The molecule has 1 N–H and O–H groups in total. The van der Waals surface area contributed by atoms with E-state index in [2.05, 4.69) is 0 Å². The normalized spacial score (nSPS) is 24.9. The summed E-state index contributed by atoms with van der Waals surface area (Å²) in [5.41, 5.74) is -1.74. The third kappa shape index (κ3) is 3.02. The number of nitrogens with zero attached hydrogens (tertiary/aromatic N) is 4. The number of carbonyl (C=O) groups excluding carboxylic acids is 1. The molecule has 1 amide bonds. The number of nitriles is 3. The van der Waals surface area contributed by atoms with E-state index in [-0.39, 0.29) is 31.0 Å². The van der Waals surface area contributed by atoms with E-state index in [0.717, 1.165) is 0 Å². The minimum Gasteiger partial charge on any atom is -0.450 e. The van der Waals surface area contributed by atoms with Gasteiger partial charge in [0.05, 0.1) is 30.5 Å². The SMILES string of the molecule is CCOC(=O)N1CC=C2C(C#N)C(=N)C(C#N)(C#N)[C@H](c3ccccc3F)[C@H]2C1. The molecule has 29 heavy (non-hydrogen) atoms. The maximum atomic E-state index is 14.8. The highest BCUT2D eigenvalue weighted by Crippen LogP contribution is 2.53. The summed E-state index contributed by atoms with van der Waals surface area (Å²) in [6.45, 7) is 2.08. The highest BCUT2D eigenvalue weighted by Gasteiger charge is 2.58. The first-order valence-electron chi connectivity index (χ1n) is 9.12. The maximum absolute atomic E-state index is 14.8. The summed E-state index contributed by atoms with van der Waals surface area (Å²) >= 11 is 0. The van der Waals surface area contributed by atoms with Crippen LogP contribution < -0.4 is 0 Å². The van der Waals surface area contributed by atoms with Crippen LogP contribution in [0.4, 0.5) is 9.18 Å². The number of ether oxygens (including phenoxy) is 1. The molecule has 1 unspecified atom stereocenters. The number of halogens is 1. The zero-order valence-corrected chi connectivity index (χ0v) is 15.7. The minimum atomic E-state index is -2.03. The predicted octanol–water partition coefficient (Wildman–Crippen LogP) is 3.13. The molecule has 8 heteroatoms. The third-order valence-corrected chi connectivity index (χ3v) is 5.56. The van der Waals surface area contributed by atoms with E-state index in [1.165, 1.54) is 23.1 Å². The molecule has 0 bridgehead atoms. The van der Waals surface area contributed by atoms with Crippen LogP contribution in [0, 0.1) is 62.5 Å². The minimum absolute atomic E-state index is 0.0558. The van der Waals surface area contributed by atoms with Gasteiger partial charge in [0.2, 0.25) is 0 Å². The van der Waals surface area contributed by atoms with Gasteiger partial charge in [-0.2, -0.15) is 15.8 Å². The lowest BCUT2D eigenvalue weighted by Crippen LogP contribution is -2.53. The molecule has 1 heterocycles. The lowest BCUT2D eigenvalue weighted by molar-refractivity contribution is 0.0990. The van der Waals surface area contributed by atoms with Crippen LogP contribution in [0.2, 0.25) is 0 Å². The second-order valence-corrected chi connectivity index (χ2v) is 6.92. The Morgan fingerprint density at radius 1 is 1.34 bits per heavy atom. The van der Waals surface area contributed by atoms with E-state index < -0.39 is 35.1 Å². The largest absolute Gasteiger partial charge is 0.450 e. The molecule has 0 spiro atoms. The molecule has 1 aromatic carbocycles. The highest BCUT2D eigenvalue weighted by molar-refractivity contribution is 6.01. The van der Waals surface area contributed by atoms with Crippen LogP contribution in [0.5, 0.6) is 0 Å².